The highest BCUT2D eigenvalue weighted by molar-refractivity contribution is 7.25. The summed E-state index contributed by atoms with van der Waals surface area (Å²) in [6.45, 7) is 0. The van der Waals surface area contributed by atoms with E-state index in [1.54, 1.807) is 0 Å². The van der Waals surface area contributed by atoms with Gasteiger partial charge in [0.25, 0.3) is 0 Å². The Morgan fingerprint density at radius 3 is 1.98 bits per heavy atom. The zero-order chi connectivity index (χ0) is 31.2. The summed E-state index contributed by atoms with van der Waals surface area (Å²) in [6, 6.07) is 55.2. The van der Waals surface area contributed by atoms with Crippen molar-refractivity contribution in [2.75, 3.05) is 0 Å². The van der Waals surface area contributed by atoms with Crippen molar-refractivity contribution in [2.24, 2.45) is 0 Å². The Hall–Kier alpha value is -5.97. The van der Waals surface area contributed by atoms with Gasteiger partial charge in [-0.1, -0.05) is 133 Å². The molecule has 0 aliphatic carbocycles. The predicted octanol–water partition coefficient (Wildman–Crippen LogP) is 11.7. The monoisotopic (exact) mass is 617 g/mol. The first-order chi connectivity index (χ1) is 23.3. The van der Waals surface area contributed by atoms with Gasteiger partial charge in [-0.05, 0) is 40.6 Å². The molecular weight excluding hydrogens is 591 g/mol. The second kappa shape index (κ2) is 11.4. The molecule has 0 aliphatic heterocycles. The van der Waals surface area contributed by atoms with Gasteiger partial charge in [-0.15, -0.1) is 11.3 Å². The number of nitrogens with zero attached hydrogens (tertiary/aromatic N) is 3. The minimum absolute atomic E-state index is 0.709. The van der Waals surface area contributed by atoms with E-state index in [9.17, 15) is 0 Å². The van der Waals surface area contributed by atoms with Crippen LogP contribution in [-0.4, -0.2) is 15.0 Å². The molecule has 3 heterocycles. The van der Waals surface area contributed by atoms with Crippen LogP contribution in [0.3, 0.4) is 0 Å². The van der Waals surface area contributed by atoms with Gasteiger partial charge in [0, 0.05) is 54.2 Å². The lowest BCUT2D eigenvalue weighted by atomic mass is 9.95. The van der Waals surface area contributed by atoms with Crippen molar-refractivity contribution in [2.45, 2.75) is 0 Å². The molecule has 3 nitrogen and oxygen atoms in total. The van der Waals surface area contributed by atoms with Gasteiger partial charge in [0.15, 0.2) is 5.82 Å². The molecule has 47 heavy (non-hydrogen) atoms. The minimum Gasteiger partial charge on any atom is -0.256 e. The SMILES string of the molecule is c1ccc(-c2nc(-c3ccc(-c4cccnc4-c4cccc5sc6ccccc6c45)cc3)cc(-c3cccc4ccccc34)n2)cc1. The van der Waals surface area contributed by atoms with Crippen LogP contribution in [0.2, 0.25) is 0 Å². The number of hydrogen-bond acceptors (Lipinski definition) is 4. The van der Waals surface area contributed by atoms with Crippen LogP contribution in [0.1, 0.15) is 0 Å². The number of fused-ring (bicyclic) bond motifs is 4. The largest absolute Gasteiger partial charge is 0.256 e. The Labute approximate surface area is 276 Å². The van der Waals surface area contributed by atoms with E-state index < -0.39 is 0 Å². The fraction of sp³-hybridized carbons (Fsp3) is 0. The third-order valence-corrected chi connectivity index (χ3v) is 9.92. The molecule has 220 valence electrons. The number of pyridine rings is 1. The first kappa shape index (κ1) is 27.3. The molecule has 9 aromatic rings. The molecule has 0 saturated heterocycles. The van der Waals surface area contributed by atoms with Gasteiger partial charge in [0.1, 0.15) is 0 Å². The third-order valence-electron chi connectivity index (χ3n) is 8.78. The van der Waals surface area contributed by atoms with Crippen molar-refractivity contribution in [1.29, 1.82) is 0 Å². The number of thiophene rings is 1. The summed E-state index contributed by atoms with van der Waals surface area (Å²) in [7, 11) is 0. The molecular formula is C43H27N3S. The molecule has 6 aromatic carbocycles. The van der Waals surface area contributed by atoms with Gasteiger partial charge in [-0.3, -0.25) is 4.98 Å². The van der Waals surface area contributed by atoms with Gasteiger partial charge in [0.2, 0.25) is 0 Å². The number of aromatic nitrogens is 3. The van der Waals surface area contributed by atoms with Gasteiger partial charge >= 0.3 is 0 Å². The van der Waals surface area contributed by atoms with Gasteiger partial charge in [0.05, 0.1) is 17.1 Å². The van der Waals surface area contributed by atoms with Crippen LogP contribution >= 0.6 is 11.3 Å². The second-order valence-corrected chi connectivity index (χ2v) is 12.7. The van der Waals surface area contributed by atoms with Gasteiger partial charge in [-0.25, -0.2) is 9.97 Å². The smallest absolute Gasteiger partial charge is 0.160 e. The lowest BCUT2D eigenvalue weighted by Crippen LogP contribution is -1.96. The van der Waals surface area contributed by atoms with Crippen molar-refractivity contribution < 1.29 is 0 Å². The molecule has 3 aromatic heterocycles. The lowest BCUT2D eigenvalue weighted by molar-refractivity contribution is 1.18. The molecule has 0 bridgehead atoms. The summed E-state index contributed by atoms with van der Waals surface area (Å²) in [5, 5.41) is 4.90. The molecule has 0 fully saturated rings. The van der Waals surface area contributed by atoms with Crippen LogP contribution in [0.25, 0.3) is 87.2 Å². The topological polar surface area (TPSA) is 38.7 Å². The highest BCUT2D eigenvalue weighted by atomic mass is 32.1. The summed E-state index contributed by atoms with van der Waals surface area (Å²) in [5.74, 6) is 0.709. The maximum absolute atomic E-state index is 5.08. The molecule has 0 aliphatic rings. The van der Waals surface area contributed by atoms with Crippen molar-refractivity contribution in [3.05, 3.63) is 164 Å². The molecule has 0 N–H and O–H groups in total. The van der Waals surface area contributed by atoms with Crippen molar-refractivity contribution in [3.8, 4) is 56.3 Å². The summed E-state index contributed by atoms with van der Waals surface area (Å²) < 4.78 is 2.56. The standard InChI is InChI=1S/C43H27N3S/c1-2-12-31(13-3-1)43-45-37(27-38(46-43)34-17-8-14-28-11-4-5-15-32(28)34)30-24-22-29(23-25-30)33-19-10-26-44-42(33)36-18-9-21-40-41(36)35-16-6-7-20-39(35)47-40/h1-27H. The van der Waals surface area contributed by atoms with Crippen LogP contribution < -0.4 is 0 Å². The first-order valence-corrected chi connectivity index (χ1v) is 16.5. The Kier molecular flexibility index (Phi) is 6.65. The van der Waals surface area contributed by atoms with Crippen molar-refractivity contribution >= 4 is 42.3 Å². The van der Waals surface area contributed by atoms with E-state index in [0.717, 1.165) is 50.5 Å². The quantitative estimate of drug-likeness (QED) is 0.193. The maximum Gasteiger partial charge on any atom is 0.160 e. The molecule has 0 atom stereocenters. The third kappa shape index (κ3) is 4.87. The average Bonchev–Trinajstić information content (AvgIpc) is 3.54. The molecule has 4 heteroatoms. The number of benzene rings is 6. The average molecular weight is 618 g/mol. The zero-order valence-corrected chi connectivity index (χ0v) is 26.2. The summed E-state index contributed by atoms with van der Waals surface area (Å²) in [4.78, 5) is 15.1. The van der Waals surface area contributed by atoms with Crippen LogP contribution in [0.5, 0.6) is 0 Å². The lowest BCUT2D eigenvalue weighted by Gasteiger charge is -2.13. The summed E-state index contributed by atoms with van der Waals surface area (Å²) in [6.07, 6.45) is 1.89. The Bertz CT molecular complexity index is 2560. The highest BCUT2D eigenvalue weighted by Gasteiger charge is 2.16. The van der Waals surface area contributed by atoms with E-state index in [2.05, 4.69) is 133 Å². The molecule has 9 rings (SSSR count). The van der Waals surface area contributed by atoms with E-state index in [-0.39, 0.29) is 0 Å². The normalized spacial score (nSPS) is 11.4. The van der Waals surface area contributed by atoms with Crippen molar-refractivity contribution in [3.63, 3.8) is 0 Å². The van der Waals surface area contributed by atoms with Gasteiger partial charge in [-0.2, -0.15) is 0 Å². The van der Waals surface area contributed by atoms with Crippen molar-refractivity contribution in [1.82, 2.24) is 15.0 Å². The van der Waals surface area contributed by atoms with E-state index in [1.807, 2.05) is 41.8 Å². The fourth-order valence-electron chi connectivity index (χ4n) is 6.54. The van der Waals surface area contributed by atoms with Crippen LogP contribution in [-0.2, 0) is 0 Å². The maximum atomic E-state index is 5.08. The fourth-order valence-corrected chi connectivity index (χ4v) is 7.68. The summed E-state index contributed by atoms with van der Waals surface area (Å²) >= 11 is 1.83. The molecule has 0 radical (unpaired) electrons. The minimum atomic E-state index is 0.709. The Balaban J connectivity index is 1.17. The second-order valence-electron chi connectivity index (χ2n) is 11.6. The van der Waals surface area contributed by atoms with Crippen LogP contribution in [0.15, 0.2) is 164 Å². The first-order valence-electron chi connectivity index (χ1n) is 15.7. The Morgan fingerprint density at radius 1 is 0.426 bits per heavy atom. The molecule has 0 unspecified atom stereocenters. The van der Waals surface area contributed by atoms with E-state index >= 15 is 0 Å². The molecule has 0 saturated carbocycles. The number of hydrogen-bond donors (Lipinski definition) is 0. The van der Waals surface area contributed by atoms with Crippen LogP contribution in [0.4, 0.5) is 0 Å². The van der Waals surface area contributed by atoms with E-state index in [0.29, 0.717) is 5.82 Å². The Morgan fingerprint density at radius 2 is 1.09 bits per heavy atom. The molecule has 0 spiro atoms. The van der Waals surface area contributed by atoms with Gasteiger partial charge < -0.3 is 0 Å². The highest BCUT2D eigenvalue weighted by Crippen LogP contribution is 2.42. The predicted molar refractivity (Wildman–Crippen MR) is 197 cm³/mol. The number of rotatable bonds is 5. The summed E-state index contributed by atoms with van der Waals surface area (Å²) in [5.41, 5.74) is 9.26. The zero-order valence-electron chi connectivity index (χ0n) is 25.3. The van der Waals surface area contributed by atoms with E-state index in [4.69, 9.17) is 15.0 Å². The molecule has 0 amide bonds. The van der Waals surface area contributed by atoms with Crippen LogP contribution in [0, 0.1) is 0 Å². The van der Waals surface area contributed by atoms with E-state index in [1.165, 1.54) is 30.9 Å².